The Bertz CT molecular complexity index is 1260. The molecule has 1 N–H and O–H groups in total. The highest BCUT2D eigenvalue weighted by molar-refractivity contribution is 7.92. The van der Waals surface area contributed by atoms with Crippen LogP contribution in [0.2, 0.25) is 0 Å². The van der Waals surface area contributed by atoms with E-state index in [2.05, 4.69) is 4.98 Å². The highest BCUT2D eigenvalue weighted by Gasteiger charge is 2.29. The third kappa shape index (κ3) is 4.35. The summed E-state index contributed by atoms with van der Waals surface area (Å²) in [5.74, 6) is -0.288. The van der Waals surface area contributed by atoms with E-state index in [4.69, 9.17) is 0 Å². The summed E-state index contributed by atoms with van der Waals surface area (Å²) < 4.78 is 26.6. The number of hydrogen-bond donors (Lipinski definition) is 1. The number of aromatic amines is 1. The fourth-order valence-corrected chi connectivity index (χ4v) is 4.70. The van der Waals surface area contributed by atoms with Crippen LogP contribution in [0.1, 0.15) is 15.9 Å². The Labute approximate surface area is 178 Å². The van der Waals surface area contributed by atoms with Gasteiger partial charge in [0.15, 0.2) is 0 Å². The molecule has 0 bridgehead atoms. The van der Waals surface area contributed by atoms with Gasteiger partial charge in [-0.05, 0) is 17.7 Å². The number of H-pyrrole nitrogens is 1. The predicted octanol–water partition coefficient (Wildman–Crippen LogP) is 2.83. The van der Waals surface area contributed by atoms with Crippen LogP contribution in [0.5, 0.6) is 0 Å². The first-order chi connectivity index (χ1) is 14.8. The second-order valence-corrected chi connectivity index (χ2v) is 8.96. The van der Waals surface area contributed by atoms with Gasteiger partial charge in [0, 0.05) is 60.8 Å². The van der Waals surface area contributed by atoms with Gasteiger partial charge in [-0.25, -0.2) is 8.42 Å². The number of amides is 1. The van der Waals surface area contributed by atoms with Crippen molar-refractivity contribution >= 4 is 38.6 Å². The van der Waals surface area contributed by atoms with Crippen molar-refractivity contribution in [1.29, 1.82) is 0 Å². The number of sulfonamides is 1. The van der Waals surface area contributed by atoms with Crippen molar-refractivity contribution in [3.63, 3.8) is 0 Å². The number of nitro groups is 1. The number of nitrogens with zero attached hydrogens (tertiary/aromatic N) is 3. The zero-order valence-electron chi connectivity index (χ0n) is 16.5. The predicted molar refractivity (Wildman–Crippen MR) is 117 cm³/mol. The lowest BCUT2D eigenvalue weighted by molar-refractivity contribution is -0.384. The van der Waals surface area contributed by atoms with E-state index in [1.165, 1.54) is 28.0 Å². The Morgan fingerprint density at radius 1 is 1.06 bits per heavy atom. The molecule has 0 radical (unpaired) electrons. The lowest BCUT2D eigenvalue weighted by Crippen LogP contribution is -2.50. The second-order valence-electron chi connectivity index (χ2n) is 7.14. The minimum Gasteiger partial charge on any atom is -0.360 e. The molecule has 0 atom stereocenters. The molecule has 0 unspecified atom stereocenters. The molecule has 1 aliphatic rings. The molecule has 31 heavy (non-hydrogen) atoms. The average Bonchev–Trinajstić information content (AvgIpc) is 3.21. The Balaban J connectivity index is 1.46. The summed E-state index contributed by atoms with van der Waals surface area (Å²) in [7, 11) is -3.60. The van der Waals surface area contributed by atoms with Crippen LogP contribution in [-0.2, 0) is 10.0 Å². The first kappa shape index (κ1) is 20.8. The molecular formula is C21H20N4O5S. The Kier molecular flexibility index (Phi) is 5.57. The van der Waals surface area contributed by atoms with E-state index in [9.17, 15) is 23.3 Å². The van der Waals surface area contributed by atoms with Crippen molar-refractivity contribution in [3.8, 4) is 0 Å². The van der Waals surface area contributed by atoms with Gasteiger partial charge < -0.3 is 9.88 Å². The summed E-state index contributed by atoms with van der Waals surface area (Å²) >= 11 is 0. The molecule has 2 heterocycles. The molecule has 1 aromatic heterocycles. The van der Waals surface area contributed by atoms with Crippen LogP contribution in [0.3, 0.4) is 0 Å². The van der Waals surface area contributed by atoms with Crippen molar-refractivity contribution in [2.45, 2.75) is 0 Å². The number of non-ortho nitro benzene ring substituents is 1. The lowest BCUT2D eigenvalue weighted by Gasteiger charge is -2.33. The smallest absolute Gasteiger partial charge is 0.270 e. The van der Waals surface area contributed by atoms with Gasteiger partial charge in [0.05, 0.1) is 10.5 Å². The lowest BCUT2D eigenvalue weighted by atomic mass is 10.1. The van der Waals surface area contributed by atoms with E-state index in [1.807, 2.05) is 30.3 Å². The second kappa shape index (κ2) is 8.32. The zero-order valence-corrected chi connectivity index (χ0v) is 17.3. The molecular weight excluding hydrogens is 420 g/mol. The average molecular weight is 440 g/mol. The highest BCUT2D eigenvalue weighted by Crippen LogP contribution is 2.25. The minimum atomic E-state index is -3.60. The fraction of sp³-hybridized carbons (Fsp3) is 0.190. The molecule has 4 rings (SSSR count). The van der Waals surface area contributed by atoms with Crippen molar-refractivity contribution in [2.24, 2.45) is 0 Å². The number of benzene rings is 2. The van der Waals surface area contributed by atoms with Gasteiger partial charge in [0.1, 0.15) is 0 Å². The van der Waals surface area contributed by atoms with Crippen molar-refractivity contribution < 1.29 is 18.1 Å². The Morgan fingerprint density at radius 2 is 1.77 bits per heavy atom. The Morgan fingerprint density at radius 3 is 2.45 bits per heavy atom. The molecule has 0 spiro atoms. The van der Waals surface area contributed by atoms with Gasteiger partial charge in [-0.3, -0.25) is 14.9 Å². The van der Waals surface area contributed by atoms with E-state index in [1.54, 1.807) is 17.0 Å². The largest absolute Gasteiger partial charge is 0.360 e. The van der Waals surface area contributed by atoms with E-state index in [-0.39, 0.29) is 37.8 Å². The quantitative estimate of drug-likeness (QED) is 0.484. The monoisotopic (exact) mass is 440 g/mol. The summed E-state index contributed by atoms with van der Waals surface area (Å²) in [6.45, 7) is 0.823. The molecule has 160 valence electrons. The van der Waals surface area contributed by atoms with E-state index in [0.29, 0.717) is 16.5 Å². The number of carbonyl (C=O) groups excluding carboxylic acids is 1. The minimum absolute atomic E-state index is 0.0951. The van der Waals surface area contributed by atoms with Gasteiger partial charge in [-0.2, -0.15) is 4.31 Å². The first-order valence-corrected chi connectivity index (χ1v) is 11.1. The number of nitrogens with one attached hydrogen (secondary N) is 1. The molecule has 0 aliphatic carbocycles. The van der Waals surface area contributed by atoms with Crippen LogP contribution in [-0.4, -0.2) is 59.6 Å². The zero-order chi connectivity index (χ0) is 22.0. The van der Waals surface area contributed by atoms with Gasteiger partial charge in [-0.1, -0.05) is 30.3 Å². The van der Waals surface area contributed by atoms with Crippen LogP contribution in [0.4, 0.5) is 5.69 Å². The highest BCUT2D eigenvalue weighted by atomic mass is 32.2. The number of hydrogen-bond acceptors (Lipinski definition) is 5. The van der Waals surface area contributed by atoms with Gasteiger partial charge in [0.25, 0.3) is 11.6 Å². The molecule has 10 heteroatoms. The number of aromatic nitrogens is 1. The van der Waals surface area contributed by atoms with E-state index >= 15 is 0 Å². The van der Waals surface area contributed by atoms with Crippen LogP contribution in [0.15, 0.2) is 60.1 Å². The van der Waals surface area contributed by atoms with E-state index < -0.39 is 14.9 Å². The first-order valence-electron chi connectivity index (χ1n) is 9.63. The van der Waals surface area contributed by atoms with Crippen molar-refractivity contribution in [1.82, 2.24) is 14.2 Å². The molecule has 2 aromatic carbocycles. The van der Waals surface area contributed by atoms with Gasteiger partial charge in [-0.15, -0.1) is 0 Å². The topological polar surface area (TPSA) is 117 Å². The van der Waals surface area contributed by atoms with E-state index in [0.717, 1.165) is 5.56 Å². The molecule has 0 saturated carbocycles. The van der Waals surface area contributed by atoms with Crippen LogP contribution in [0, 0.1) is 10.1 Å². The summed E-state index contributed by atoms with van der Waals surface area (Å²) in [6.07, 6.45) is 3.08. The maximum absolute atomic E-state index is 13.0. The maximum atomic E-state index is 13.0. The third-order valence-corrected chi connectivity index (χ3v) is 6.79. The standard InChI is InChI=1S/C21H20N4O5S/c26-21(19-15-22-20-7-6-17(25(27)28)14-18(19)20)23-9-11-24(12-10-23)31(29,30)13-8-16-4-2-1-3-5-16/h1-8,13-15,22H,9-12H2/b13-8+. The number of carbonyl (C=O) groups is 1. The normalized spacial score (nSPS) is 15.5. The van der Waals surface area contributed by atoms with Crippen LogP contribution >= 0.6 is 0 Å². The summed E-state index contributed by atoms with van der Waals surface area (Å²) in [6, 6.07) is 13.4. The molecule has 1 amide bonds. The maximum Gasteiger partial charge on any atom is 0.270 e. The summed E-state index contributed by atoms with van der Waals surface area (Å²) in [5.41, 5.74) is 1.65. The Hall–Kier alpha value is -3.50. The fourth-order valence-electron chi connectivity index (χ4n) is 3.53. The number of fused-ring (bicyclic) bond motifs is 1. The molecule has 9 nitrogen and oxygen atoms in total. The number of piperazine rings is 1. The molecule has 1 aliphatic heterocycles. The summed E-state index contributed by atoms with van der Waals surface area (Å²) in [4.78, 5) is 28.0. The van der Waals surface area contributed by atoms with Crippen LogP contribution < -0.4 is 0 Å². The third-order valence-electron chi connectivity index (χ3n) is 5.22. The van der Waals surface area contributed by atoms with Crippen molar-refractivity contribution in [3.05, 3.63) is 81.4 Å². The number of nitro benzene ring substituents is 1. The van der Waals surface area contributed by atoms with Crippen LogP contribution in [0.25, 0.3) is 17.0 Å². The van der Waals surface area contributed by atoms with Crippen molar-refractivity contribution in [2.75, 3.05) is 26.2 Å². The van der Waals surface area contributed by atoms with Gasteiger partial charge in [0.2, 0.25) is 10.0 Å². The number of rotatable bonds is 5. The molecule has 1 fully saturated rings. The summed E-state index contributed by atoms with van der Waals surface area (Å²) in [5, 5.41) is 12.7. The van der Waals surface area contributed by atoms with Gasteiger partial charge >= 0.3 is 0 Å². The molecule has 1 saturated heterocycles. The SMILES string of the molecule is O=C(c1c[nH]c2ccc([N+](=O)[O-])cc12)N1CCN(S(=O)(=O)/C=C/c2ccccc2)CC1. The molecule has 3 aromatic rings.